The first kappa shape index (κ1) is 15.6. The molecule has 116 valence electrons. The summed E-state index contributed by atoms with van der Waals surface area (Å²) in [5.74, 6) is -3.16. The van der Waals surface area contributed by atoms with Gasteiger partial charge in [-0.05, 0) is 40.8 Å². The molecule has 0 radical (unpaired) electrons. The summed E-state index contributed by atoms with van der Waals surface area (Å²) in [7, 11) is 0. The Balaban J connectivity index is 2.11. The lowest BCUT2D eigenvalue weighted by molar-refractivity contribution is -0.114. The number of carboxylic acids is 1. The van der Waals surface area contributed by atoms with Gasteiger partial charge in [-0.25, -0.2) is 9.18 Å². The van der Waals surface area contributed by atoms with Gasteiger partial charge < -0.3 is 10.0 Å². The lowest BCUT2D eigenvalue weighted by Crippen LogP contribution is -2.29. The van der Waals surface area contributed by atoms with Crippen LogP contribution in [0.15, 0.2) is 36.4 Å². The molecule has 23 heavy (non-hydrogen) atoms. The summed E-state index contributed by atoms with van der Waals surface area (Å²) in [5.41, 5.74) is 0.580. The average Bonchev–Trinajstić information content (AvgIpc) is 2.74. The minimum Gasteiger partial charge on any atom is -0.478 e. The first-order chi connectivity index (χ1) is 10.9. The van der Waals surface area contributed by atoms with Gasteiger partial charge >= 0.3 is 5.97 Å². The highest BCUT2D eigenvalue weighted by Gasteiger charge is 2.38. The van der Waals surface area contributed by atoms with Crippen molar-refractivity contribution in [3.63, 3.8) is 0 Å². The summed E-state index contributed by atoms with van der Waals surface area (Å²) in [6.45, 7) is -0.136. The fraction of sp³-hybridized carbons (Fsp3) is 0.0625. The number of halogens is 2. The molecule has 1 aliphatic rings. The fourth-order valence-corrected chi connectivity index (χ4v) is 3.30. The summed E-state index contributed by atoms with van der Waals surface area (Å²) in [4.78, 5) is 36.7. The van der Waals surface area contributed by atoms with E-state index in [1.54, 1.807) is 6.07 Å². The monoisotopic (exact) mass is 425 g/mol. The second kappa shape index (κ2) is 5.73. The molecule has 0 atom stereocenters. The van der Waals surface area contributed by atoms with Gasteiger partial charge in [-0.15, -0.1) is 0 Å². The van der Waals surface area contributed by atoms with Crippen molar-refractivity contribution in [1.82, 2.24) is 0 Å². The average molecular weight is 425 g/mol. The zero-order valence-electron chi connectivity index (χ0n) is 11.5. The Kier molecular flexibility index (Phi) is 3.88. The minimum atomic E-state index is -1.16. The largest absolute Gasteiger partial charge is 0.478 e. The quantitative estimate of drug-likeness (QED) is 0.607. The van der Waals surface area contributed by atoms with Gasteiger partial charge in [-0.1, -0.05) is 18.2 Å². The maximum Gasteiger partial charge on any atom is 0.335 e. The van der Waals surface area contributed by atoms with Crippen LogP contribution >= 0.6 is 22.6 Å². The topological polar surface area (TPSA) is 74.7 Å². The zero-order chi connectivity index (χ0) is 16.7. The van der Waals surface area contributed by atoms with E-state index in [0.717, 1.165) is 4.90 Å². The van der Waals surface area contributed by atoms with Crippen LogP contribution in [-0.2, 0) is 11.3 Å². The van der Waals surface area contributed by atoms with Gasteiger partial charge in [0.15, 0.2) is 0 Å². The Morgan fingerprint density at radius 3 is 2.57 bits per heavy atom. The molecule has 0 saturated carbocycles. The van der Waals surface area contributed by atoms with Gasteiger partial charge in [-0.3, -0.25) is 9.59 Å². The van der Waals surface area contributed by atoms with Gasteiger partial charge in [0.1, 0.15) is 5.82 Å². The second-order valence-electron chi connectivity index (χ2n) is 4.97. The summed E-state index contributed by atoms with van der Waals surface area (Å²) in [6, 6.07) is 8.52. The number of ketones is 1. The molecule has 0 saturated heterocycles. The minimum absolute atomic E-state index is 0.0332. The van der Waals surface area contributed by atoms with Crippen LogP contribution < -0.4 is 4.90 Å². The molecular weight excluding hydrogens is 416 g/mol. The van der Waals surface area contributed by atoms with Gasteiger partial charge in [0.2, 0.25) is 0 Å². The number of anilines is 1. The van der Waals surface area contributed by atoms with E-state index in [1.165, 1.54) is 30.3 Å². The number of hydrogen-bond donors (Lipinski definition) is 1. The smallest absolute Gasteiger partial charge is 0.335 e. The van der Waals surface area contributed by atoms with E-state index in [4.69, 9.17) is 5.11 Å². The molecule has 1 heterocycles. The number of fused-ring (bicyclic) bond motifs is 1. The van der Waals surface area contributed by atoms with Crippen LogP contribution in [0.5, 0.6) is 0 Å². The lowest BCUT2D eigenvalue weighted by Gasteiger charge is -2.17. The van der Waals surface area contributed by atoms with Crippen molar-refractivity contribution in [3.8, 4) is 0 Å². The SMILES string of the molecule is O=C(O)c1cc(I)c2c(c1)N(Cc1ccccc1F)C(=O)C2=O. The number of carbonyl (C=O) groups excluding carboxylic acids is 2. The Hall–Kier alpha value is -2.29. The van der Waals surface area contributed by atoms with Crippen LogP contribution in [0.25, 0.3) is 0 Å². The predicted octanol–water partition coefficient (Wildman–Crippen LogP) is 2.86. The highest BCUT2D eigenvalue weighted by atomic mass is 127. The number of rotatable bonds is 3. The summed E-state index contributed by atoms with van der Waals surface area (Å²) in [5, 5.41) is 9.14. The number of amides is 1. The number of hydrogen-bond acceptors (Lipinski definition) is 3. The summed E-state index contributed by atoms with van der Waals surface area (Å²) in [6.07, 6.45) is 0. The van der Waals surface area contributed by atoms with Crippen LogP contribution in [0.2, 0.25) is 0 Å². The number of carboxylic acid groups (broad SMARTS) is 1. The molecule has 1 amide bonds. The fourth-order valence-electron chi connectivity index (χ4n) is 2.45. The molecule has 0 bridgehead atoms. The number of Topliss-reactive ketones (excluding diaryl/α,β-unsaturated/α-hetero) is 1. The Morgan fingerprint density at radius 1 is 1.22 bits per heavy atom. The molecule has 5 nitrogen and oxygen atoms in total. The van der Waals surface area contributed by atoms with Crippen molar-refractivity contribution in [2.24, 2.45) is 0 Å². The van der Waals surface area contributed by atoms with Crippen LogP contribution in [0, 0.1) is 9.39 Å². The van der Waals surface area contributed by atoms with E-state index in [-0.39, 0.29) is 28.9 Å². The Bertz CT molecular complexity index is 865. The molecule has 0 spiro atoms. The third-order valence-electron chi connectivity index (χ3n) is 3.56. The molecule has 1 aliphatic heterocycles. The number of carbonyl (C=O) groups is 3. The zero-order valence-corrected chi connectivity index (χ0v) is 13.7. The van der Waals surface area contributed by atoms with Gasteiger partial charge in [0.25, 0.3) is 11.7 Å². The van der Waals surface area contributed by atoms with E-state index >= 15 is 0 Å². The maximum absolute atomic E-state index is 13.8. The van der Waals surface area contributed by atoms with Crippen molar-refractivity contribution >= 4 is 45.9 Å². The molecule has 7 heteroatoms. The normalized spacial score (nSPS) is 13.4. The number of aromatic carboxylic acids is 1. The standard InChI is InChI=1S/C16H9FINO4/c17-10-4-2-1-3-8(10)7-19-12-6-9(16(22)23)5-11(18)13(12)14(20)15(19)21/h1-6H,7H2,(H,22,23). The molecule has 0 fully saturated rings. The molecule has 0 aromatic heterocycles. The van der Waals surface area contributed by atoms with Gasteiger partial charge in [-0.2, -0.15) is 0 Å². The van der Waals surface area contributed by atoms with E-state index < -0.39 is 23.5 Å². The highest BCUT2D eigenvalue weighted by Crippen LogP contribution is 2.35. The molecular formula is C16H9FINO4. The molecule has 0 unspecified atom stereocenters. The molecule has 2 aromatic carbocycles. The molecule has 2 aromatic rings. The van der Waals surface area contributed by atoms with Crippen LogP contribution in [0.1, 0.15) is 26.3 Å². The van der Waals surface area contributed by atoms with Crippen molar-refractivity contribution in [3.05, 3.63) is 62.5 Å². The number of benzene rings is 2. The van der Waals surface area contributed by atoms with E-state index in [1.807, 2.05) is 22.6 Å². The van der Waals surface area contributed by atoms with Crippen molar-refractivity contribution < 1.29 is 23.9 Å². The maximum atomic E-state index is 13.8. The first-order valence-corrected chi connectivity index (χ1v) is 7.64. The second-order valence-corrected chi connectivity index (χ2v) is 6.13. The third kappa shape index (κ3) is 2.61. The van der Waals surface area contributed by atoms with Crippen LogP contribution in [-0.4, -0.2) is 22.8 Å². The van der Waals surface area contributed by atoms with Gasteiger partial charge in [0, 0.05) is 9.13 Å². The molecule has 3 rings (SSSR count). The van der Waals surface area contributed by atoms with Crippen molar-refractivity contribution in [2.45, 2.75) is 6.54 Å². The van der Waals surface area contributed by atoms with Gasteiger partial charge in [0.05, 0.1) is 23.4 Å². The van der Waals surface area contributed by atoms with Crippen LogP contribution in [0.3, 0.4) is 0 Å². The summed E-state index contributed by atoms with van der Waals surface area (Å²) >= 11 is 1.82. The van der Waals surface area contributed by atoms with Crippen LogP contribution in [0.4, 0.5) is 10.1 Å². The Morgan fingerprint density at radius 2 is 1.91 bits per heavy atom. The van der Waals surface area contributed by atoms with E-state index in [2.05, 4.69) is 0 Å². The summed E-state index contributed by atoms with van der Waals surface area (Å²) < 4.78 is 14.2. The predicted molar refractivity (Wildman–Crippen MR) is 88.0 cm³/mol. The Labute approximate surface area is 143 Å². The number of nitrogens with zero attached hydrogens (tertiary/aromatic N) is 1. The first-order valence-electron chi connectivity index (χ1n) is 6.56. The van der Waals surface area contributed by atoms with Crippen molar-refractivity contribution in [1.29, 1.82) is 0 Å². The lowest BCUT2D eigenvalue weighted by atomic mass is 10.1. The van der Waals surface area contributed by atoms with E-state index in [0.29, 0.717) is 3.57 Å². The molecule has 1 N–H and O–H groups in total. The molecule has 0 aliphatic carbocycles. The van der Waals surface area contributed by atoms with Crippen molar-refractivity contribution in [2.75, 3.05) is 4.90 Å². The highest BCUT2D eigenvalue weighted by molar-refractivity contribution is 14.1. The van der Waals surface area contributed by atoms with E-state index in [9.17, 15) is 18.8 Å². The third-order valence-corrected chi connectivity index (χ3v) is 4.41.